The van der Waals surface area contributed by atoms with E-state index in [1.807, 2.05) is 32.0 Å². The van der Waals surface area contributed by atoms with E-state index in [9.17, 15) is 9.18 Å². The van der Waals surface area contributed by atoms with Crippen LogP contribution in [0.25, 0.3) is 0 Å². The summed E-state index contributed by atoms with van der Waals surface area (Å²) in [6, 6.07) is 10.3. The molecule has 2 aromatic rings. The lowest BCUT2D eigenvalue weighted by atomic mass is 10.1. The normalized spacial score (nSPS) is 10.3. The van der Waals surface area contributed by atoms with Crippen molar-refractivity contribution in [2.75, 3.05) is 7.11 Å². The summed E-state index contributed by atoms with van der Waals surface area (Å²) in [5.41, 5.74) is 2.70. The van der Waals surface area contributed by atoms with Crippen LogP contribution in [0.4, 0.5) is 4.39 Å². The SMILES string of the molecule is COC(=O)c1ccc(COc2cc(C)ccc2C)cc1F. The number of benzene rings is 2. The molecule has 0 N–H and O–H groups in total. The highest BCUT2D eigenvalue weighted by molar-refractivity contribution is 5.89. The van der Waals surface area contributed by atoms with Gasteiger partial charge in [0.25, 0.3) is 0 Å². The summed E-state index contributed by atoms with van der Waals surface area (Å²) in [6.45, 7) is 4.18. The van der Waals surface area contributed by atoms with Crippen LogP contribution in [0.2, 0.25) is 0 Å². The molecule has 0 aromatic heterocycles. The van der Waals surface area contributed by atoms with Crippen LogP contribution in [0, 0.1) is 19.7 Å². The molecule has 0 amide bonds. The third kappa shape index (κ3) is 3.60. The zero-order chi connectivity index (χ0) is 15.4. The van der Waals surface area contributed by atoms with Crippen LogP contribution in [-0.2, 0) is 11.3 Å². The number of esters is 1. The summed E-state index contributed by atoms with van der Waals surface area (Å²) < 4.78 is 24.0. The monoisotopic (exact) mass is 288 g/mol. The van der Waals surface area contributed by atoms with Gasteiger partial charge < -0.3 is 9.47 Å². The Hall–Kier alpha value is -2.36. The van der Waals surface area contributed by atoms with Crippen molar-refractivity contribution in [3.63, 3.8) is 0 Å². The number of hydrogen-bond acceptors (Lipinski definition) is 3. The summed E-state index contributed by atoms with van der Waals surface area (Å²) >= 11 is 0. The summed E-state index contributed by atoms with van der Waals surface area (Å²) in [4.78, 5) is 11.3. The Morgan fingerprint density at radius 3 is 2.57 bits per heavy atom. The van der Waals surface area contributed by atoms with E-state index in [1.165, 1.54) is 19.2 Å². The standard InChI is InChI=1S/C17H17FO3/c1-11-4-5-12(2)16(8-11)21-10-13-6-7-14(15(18)9-13)17(19)20-3/h4-9H,10H2,1-3H3. The number of ether oxygens (including phenoxy) is 2. The molecule has 0 unspecified atom stereocenters. The van der Waals surface area contributed by atoms with Crippen molar-refractivity contribution in [3.8, 4) is 5.75 Å². The third-order valence-corrected chi connectivity index (χ3v) is 3.18. The smallest absolute Gasteiger partial charge is 0.340 e. The lowest BCUT2D eigenvalue weighted by Crippen LogP contribution is -2.06. The van der Waals surface area contributed by atoms with Gasteiger partial charge in [0.1, 0.15) is 18.2 Å². The minimum atomic E-state index is -0.686. The van der Waals surface area contributed by atoms with E-state index >= 15 is 0 Å². The summed E-state index contributed by atoms with van der Waals surface area (Å²) in [7, 11) is 1.22. The van der Waals surface area contributed by atoms with Gasteiger partial charge in [0.2, 0.25) is 0 Å². The van der Waals surface area contributed by atoms with Crippen molar-refractivity contribution in [1.29, 1.82) is 0 Å². The van der Waals surface area contributed by atoms with Crippen LogP contribution in [-0.4, -0.2) is 13.1 Å². The van der Waals surface area contributed by atoms with E-state index in [4.69, 9.17) is 4.74 Å². The molecule has 0 heterocycles. The van der Waals surface area contributed by atoms with Crippen molar-refractivity contribution in [2.45, 2.75) is 20.5 Å². The molecular formula is C17H17FO3. The fourth-order valence-electron chi connectivity index (χ4n) is 1.95. The Balaban J connectivity index is 2.12. The molecule has 0 atom stereocenters. The minimum absolute atomic E-state index is 0.0759. The molecule has 2 rings (SSSR count). The molecule has 110 valence electrons. The first-order valence-electron chi connectivity index (χ1n) is 6.58. The molecule has 0 aliphatic rings. The van der Waals surface area contributed by atoms with E-state index in [2.05, 4.69) is 4.74 Å². The first kappa shape index (κ1) is 15.0. The predicted molar refractivity (Wildman–Crippen MR) is 78.0 cm³/mol. The number of hydrogen-bond donors (Lipinski definition) is 0. The fourth-order valence-corrected chi connectivity index (χ4v) is 1.95. The first-order valence-corrected chi connectivity index (χ1v) is 6.58. The van der Waals surface area contributed by atoms with Crippen LogP contribution in [0.5, 0.6) is 5.75 Å². The van der Waals surface area contributed by atoms with E-state index in [0.29, 0.717) is 5.56 Å². The van der Waals surface area contributed by atoms with Gasteiger partial charge >= 0.3 is 5.97 Å². The second kappa shape index (κ2) is 6.39. The van der Waals surface area contributed by atoms with Crippen molar-refractivity contribution >= 4 is 5.97 Å². The van der Waals surface area contributed by atoms with Gasteiger partial charge in [0.15, 0.2) is 0 Å². The predicted octanol–water partition coefficient (Wildman–Crippen LogP) is 3.81. The number of aryl methyl sites for hydroxylation is 2. The van der Waals surface area contributed by atoms with Crippen LogP contribution in [0.1, 0.15) is 27.0 Å². The highest BCUT2D eigenvalue weighted by Gasteiger charge is 2.12. The highest BCUT2D eigenvalue weighted by atomic mass is 19.1. The van der Waals surface area contributed by atoms with Gasteiger partial charge in [0.05, 0.1) is 12.7 Å². The average molecular weight is 288 g/mol. The largest absolute Gasteiger partial charge is 0.489 e. The van der Waals surface area contributed by atoms with Gasteiger partial charge in [-0.05, 0) is 48.7 Å². The number of halogens is 1. The van der Waals surface area contributed by atoms with Crippen molar-refractivity contribution in [2.24, 2.45) is 0 Å². The topological polar surface area (TPSA) is 35.5 Å². The Bertz CT molecular complexity index is 665. The molecular weight excluding hydrogens is 271 g/mol. The quantitative estimate of drug-likeness (QED) is 0.803. The summed E-state index contributed by atoms with van der Waals surface area (Å²) in [5.74, 6) is -0.522. The van der Waals surface area contributed by atoms with E-state index in [-0.39, 0.29) is 12.2 Å². The van der Waals surface area contributed by atoms with Crippen LogP contribution < -0.4 is 4.74 Å². The lowest BCUT2D eigenvalue weighted by molar-refractivity contribution is 0.0595. The van der Waals surface area contributed by atoms with E-state index in [1.54, 1.807) is 6.07 Å². The first-order chi connectivity index (χ1) is 10.0. The molecule has 0 saturated heterocycles. The molecule has 21 heavy (non-hydrogen) atoms. The summed E-state index contributed by atoms with van der Waals surface area (Å²) in [5, 5.41) is 0. The molecule has 0 bridgehead atoms. The minimum Gasteiger partial charge on any atom is -0.489 e. The maximum absolute atomic E-state index is 13.8. The molecule has 3 nitrogen and oxygen atoms in total. The highest BCUT2D eigenvalue weighted by Crippen LogP contribution is 2.21. The Kier molecular flexibility index (Phi) is 4.58. The number of carbonyl (C=O) groups is 1. The van der Waals surface area contributed by atoms with Crippen molar-refractivity contribution in [3.05, 3.63) is 64.5 Å². The maximum Gasteiger partial charge on any atom is 0.340 e. The van der Waals surface area contributed by atoms with Gasteiger partial charge in [-0.15, -0.1) is 0 Å². The number of rotatable bonds is 4. The fraction of sp³-hybridized carbons (Fsp3) is 0.235. The molecule has 0 aliphatic heterocycles. The van der Waals surface area contributed by atoms with Crippen LogP contribution in [0.15, 0.2) is 36.4 Å². The molecule has 0 saturated carbocycles. The van der Waals surface area contributed by atoms with Crippen LogP contribution >= 0.6 is 0 Å². The van der Waals surface area contributed by atoms with Crippen LogP contribution in [0.3, 0.4) is 0 Å². The second-order valence-corrected chi connectivity index (χ2v) is 4.86. The average Bonchev–Trinajstić information content (AvgIpc) is 2.47. The molecule has 0 radical (unpaired) electrons. The number of methoxy groups -OCH3 is 1. The molecule has 4 heteroatoms. The molecule has 0 aliphatic carbocycles. The third-order valence-electron chi connectivity index (χ3n) is 3.18. The van der Waals surface area contributed by atoms with Gasteiger partial charge in [-0.1, -0.05) is 18.2 Å². The van der Waals surface area contributed by atoms with Crippen molar-refractivity contribution < 1.29 is 18.7 Å². The van der Waals surface area contributed by atoms with Crippen molar-refractivity contribution in [1.82, 2.24) is 0 Å². The van der Waals surface area contributed by atoms with E-state index < -0.39 is 11.8 Å². The second-order valence-electron chi connectivity index (χ2n) is 4.86. The van der Waals surface area contributed by atoms with Gasteiger partial charge in [-0.25, -0.2) is 9.18 Å². The van der Waals surface area contributed by atoms with Gasteiger partial charge in [0, 0.05) is 0 Å². The summed E-state index contributed by atoms with van der Waals surface area (Å²) in [6.07, 6.45) is 0. The molecule has 0 spiro atoms. The lowest BCUT2D eigenvalue weighted by Gasteiger charge is -2.10. The molecule has 0 fully saturated rings. The Morgan fingerprint density at radius 2 is 1.90 bits per heavy atom. The van der Waals surface area contributed by atoms with Gasteiger partial charge in [-0.2, -0.15) is 0 Å². The van der Waals surface area contributed by atoms with E-state index in [0.717, 1.165) is 16.9 Å². The Labute approximate surface area is 123 Å². The maximum atomic E-state index is 13.8. The Morgan fingerprint density at radius 1 is 1.14 bits per heavy atom. The van der Waals surface area contributed by atoms with Gasteiger partial charge in [-0.3, -0.25) is 0 Å². The zero-order valence-corrected chi connectivity index (χ0v) is 12.3. The zero-order valence-electron chi connectivity index (χ0n) is 12.3. The molecule has 2 aromatic carbocycles. The number of carbonyl (C=O) groups excluding carboxylic acids is 1.